The standard InChI is InChI=1S/C16H14ClF3N2OS/c1-10-8-12(17)6-7-13(10)22-15(24)21-9-11-4-2-3-5-14(11)23-16(18,19)20/h2-8H,9H2,1H3,(H2,21,22,24). The van der Waals surface area contributed by atoms with Gasteiger partial charge in [0.1, 0.15) is 5.75 Å². The van der Waals surface area contributed by atoms with E-state index in [2.05, 4.69) is 15.4 Å². The average molecular weight is 375 g/mol. The van der Waals surface area contributed by atoms with Gasteiger partial charge in [0, 0.05) is 22.8 Å². The van der Waals surface area contributed by atoms with Crippen LogP contribution in [-0.4, -0.2) is 11.5 Å². The monoisotopic (exact) mass is 374 g/mol. The molecule has 0 atom stereocenters. The summed E-state index contributed by atoms with van der Waals surface area (Å²) in [4.78, 5) is 0. The van der Waals surface area contributed by atoms with Crippen molar-refractivity contribution in [2.45, 2.75) is 19.8 Å². The van der Waals surface area contributed by atoms with Crippen molar-refractivity contribution in [3.63, 3.8) is 0 Å². The molecule has 0 radical (unpaired) electrons. The fourth-order valence-corrected chi connectivity index (χ4v) is 2.39. The molecule has 0 bridgehead atoms. The van der Waals surface area contributed by atoms with Crippen molar-refractivity contribution in [1.82, 2.24) is 5.32 Å². The van der Waals surface area contributed by atoms with Crippen LogP contribution in [0.4, 0.5) is 18.9 Å². The average Bonchev–Trinajstić information content (AvgIpc) is 2.48. The number of aryl methyl sites for hydroxylation is 1. The third-order valence-electron chi connectivity index (χ3n) is 3.07. The first-order valence-electron chi connectivity index (χ1n) is 6.89. The zero-order chi connectivity index (χ0) is 17.7. The van der Waals surface area contributed by atoms with Gasteiger partial charge >= 0.3 is 6.36 Å². The van der Waals surface area contributed by atoms with Crippen LogP contribution in [0.25, 0.3) is 0 Å². The highest BCUT2D eigenvalue weighted by Crippen LogP contribution is 2.26. The van der Waals surface area contributed by atoms with E-state index in [1.807, 2.05) is 6.92 Å². The van der Waals surface area contributed by atoms with Crippen LogP contribution < -0.4 is 15.4 Å². The Kier molecular flexibility index (Phi) is 5.90. The minimum atomic E-state index is -4.74. The molecule has 3 nitrogen and oxygen atoms in total. The molecular formula is C16H14ClF3N2OS. The fraction of sp³-hybridized carbons (Fsp3) is 0.188. The first-order valence-corrected chi connectivity index (χ1v) is 7.68. The predicted molar refractivity (Wildman–Crippen MR) is 92.4 cm³/mol. The smallest absolute Gasteiger partial charge is 0.405 e. The molecule has 0 heterocycles. The Hall–Kier alpha value is -1.99. The van der Waals surface area contributed by atoms with E-state index in [1.54, 1.807) is 24.3 Å². The Morgan fingerprint density at radius 3 is 2.58 bits per heavy atom. The van der Waals surface area contributed by atoms with Gasteiger partial charge in [0.05, 0.1) is 0 Å². The van der Waals surface area contributed by atoms with E-state index < -0.39 is 6.36 Å². The van der Waals surface area contributed by atoms with Gasteiger partial charge in [-0.3, -0.25) is 0 Å². The Morgan fingerprint density at radius 1 is 1.21 bits per heavy atom. The molecule has 8 heteroatoms. The second kappa shape index (κ2) is 7.72. The number of para-hydroxylation sites is 1. The van der Waals surface area contributed by atoms with Crippen molar-refractivity contribution in [2.24, 2.45) is 0 Å². The van der Waals surface area contributed by atoms with E-state index in [9.17, 15) is 13.2 Å². The summed E-state index contributed by atoms with van der Waals surface area (Å²) >= 11 is 11.0. The Bertz CT molecular complexity index is 738. The van der Waals surface area contributed by atoms with Crippen LogP contribution in [0, 0.1) is 6.92 Å². The third kappa shape index (κ3) is 5.58. The van der Waals surface area contributed by atoms with Gasteiger partial charge in [0.15, 0.2) is 5.11 Å². The third-order valence-corrected chi connectivity index (χ3v) is 3.56. The van der Waals surface area contributed by atoms with Crippen molar-refractivity contribution in [2.75, 3.05) is 5.32 Å². The van der Waals surface area contributed by atoms with Gasteiger partial charge in [-0.05, 0) is 49.0 Å². The Balaban J connectivity index is 1.99. The van der Waals surface area contributed by atoms with Crippen LogP contribution in [-0.2, 0) is 6.54 Å². The zero-order valence-corrected chi connectivity index (χ0v) is 14.1. The highest BCUT2D eigenvalue weighted by Gasteiger charge is 2.31. The maximum absolute atomic E-state index is 12.4. The molecule has 2 N–H and O–H groups in total. The lowest BCUT2D eigenvalue weighted by Gasteiger charge is -2.15. The Morgan fingerprint density at radius 2 is 1.92 bits per heavy atom. The summed E-state index contributed by atoms with van der Waals surface area (Å²) in [5.41, 5.74) is 2.00. The number of nitrogens with one attached hydrogen (secondary N) is 2. The van der Waals surface area contributed by atoms with E-state index in [0.29, 0.717) is 10.6 Å². The molecule has 0 fully saturated rings. The fourth-order valence-electron chi connectivity index (χ4n) is 1.98. The largest absolute Gasteiger partial charge is 0.573 e. The molecule has 0 aliphatic rings. The number of rotatable bonds is 4. The number of benzene rings is 2. The Labute approximate surface area is 147 Å². The van der Waals surface area contributed by atoms with Gasteiger partial charge in [0.25, 0.3) is 0 Å². The van der Waals surface area contributed by atoms with Gasteiger partial charge in [-0.25, -0.2) is 0 Å². The van der Waals surface area contributed by atoms with Crippen molar-refractivity contribution in [1.29, 1.82) is 0 Å². The van der Waals surface area contributed by atoms with E-state index in [-0.39, 0.29) is 17.4 Å². The molecule has 0 saturated carbocycles. The highest BCUT2D eigenvalue weighted by molar-refractivity contribution is 7.80. The quantitative estimate of drug-likeness (QED) is 0.735. The molecule has 128 valence electrons. The second-order valence-corrected chi connectivity index (χ2v) is 5.77. The second-order valence-electron chi connectivity index (χ2n) is 4.92. The van der Waals surface area contributed by atoms with Crippen LogP contribution in [0.3, 0.4) is 0 Å². The SMILES string of the molecule is Cc1cc(Cl)ccc1NC(=S)NCc1ccccc1OC(F)(F)F. The molecule has 0 aromatic heterocycles. The summed E-state index contributed by atoms with van der Waals surface area (Å²) in [6.45, 7) is 1.95. The van der Waals surface area contributed by atoms with Crippen molar-refractivity contribution >= 4 is 34.6 Å². The highest BCUT2D eigenvalue weighted by atomic mass is 35.5. The molecule has 0 aliphatic heterocycles. The minimum Gasteiger partial charge on any atom is -0.405 e. The van der Waals surface area contributed by atoms with Crippen molar-refractivity contribution < 1.29 is 17.9 Å². The van der Waals surface area contributed by atoms with Crippen LogP contribution in [0.2, 0.25) is 5.02 Å². The molecule has 0 aliphatic carbocycles. The molecule has 24 heavy (non-hydrogen) atoms. The number of anilines is 1. The number of halogens is 4. The van der Waals surface area contributed by atoms with E-state index >= 15 is 0 Å². The number of ether oxygens (including phenoxy) is 1. The molecule has 0 unspecified atom stereocenters. The maximum atomic E-state index is 12.4. The molecule has 2 aromatic rings. The topological polar surface area (TPSA) is 33.3 Å². The van der Waals surface area contributed by atoms with Crippen LogP contribution in [0.15, 0.2) is 42.5 Å². The molecular weight excluding hydrogens is 361 g/mol. The lowest BCUT2D eigenvalue weighted by atomic mass is 10.2. The number of alkyl halides is 3. The van der Waals surface area contributed by atoms with Crippen LogP contribution in [0.1, 0.15) is 11.1 Å². The first kappa shape index (κ1) is 18.4. The lowest BCUT2D eigenvalue weighted by molar-refractivity contribution is -0.274. The summed E-state index contributed by atoms with van der Waals surface area (Å²) in [6, 6.07) is 11.1. The van der Waals surface area contributed by atoms with Gasteiger partial charge in [0.2, 0.25) is 0 Å². The van der Waals surface area contributed by atoms with Crippen LogP contribution >= 0.6 is 23.8 Å². The lowest BCUT2D eigenvalue weighted by Crippen LogP contribution is -2.28. The van der Waals surface area contributed by atoms with E-state index in [4.69, 9.17) is 23.8 Å². The summed E-state index contributed by atoms with van der Waals surface area (Å²) in [7, 11) is 0. The first-order chi connectivity index (χ1) is 11.2. The number of hydrogen-bond acceptors (Lipinski definition) is 2. The molecule has 0 amide bonds. The maximum Gasteiger partial charge on any atom is 0.573 e. The molecule has 0 spiro atoms. The summed E-state index contributed by atoms with van der Waals surface area (Å²) < 4.78 is 41.2. The minimum absolute atomic E-state index is 0.0880. The predicted octanol–water partition coefficient (Wildman–Crippen LogP) is 5.03. The van der Waals surface area contributed by atoms with Crippen molar-refractivity contribution in [3.05, 3.63) is 58.6 Å². The van der Waals surface area contributed by atoms with E-state index in [0.717, 1.165) is 11.3 Å². The molecule has 2 rings (SSSR count). The summed E-state index contributed by atoms with van der Waals surface area (Å²) in [6.07, 6.45) is -4.74. The number of thiocarbonyl (C=S) groups is 1. The van der Waals surface area contributed by atoms with Gasteiger partial charge < -0.3 is 15.4 Å². The van der Waals surface area contributed by atoms with Gasteiger partial charge in [-0.1, -0.05) is 29.8 Å². The zero-order valence-electron chi connectivity index (χ0n) is 12.6. The van der Waals surface area contributed by atoms with Crippen LogP contribution in [0.5, 0.6) is 5.75 Å². The summed E-state index contributed by atoms with van der Waals surface area (Å²) in [5.74, 6) is -0.261. The molecule has 0 saturated heterocycles. The van der Waals surface area contributed by atoms with Gasteiger partial charge in [-0.15, -0.1) is 13.2 Å². The van der Waals surface area contributed by atoms with Gasteiger partial charge in [-0.2, -0.15) is 0 Å². The molecule has 2 aromatic carbocycles. The normalized spacial score (nSPS) is 11.0. The number of hydrogen-bond donors (Lipinski definition) is 2. The van der Waals surface area contributed by atoms with E-state index in [1.165, 1.54) is 18.2 Å². The summed E-state index contributed by atoms with van der Waals surface area (Å²) in [5, 5.41) is 6.72. The van der Waals surface area contributed by atoms with Crippen molar-refractivity contribution in [3.8, 4) is 5.75 Å².